The number of nitrogen functional groups attached to an aromatic ring is 1. The number of carbonyl (C=O) groups excluding carboxylic acids is 1. The summed E-state index contributed by atoms with van der Waals surface area (Å²) in [5.74, 6) is 0.0526. The van der Waals surface area contributed by atoms with Gasteiger partial charge in [0.2, 0.25) is 21.1 Å². The molecule has 12 heteroatoms. The number of rotatable bonds is 7. The number of aromatic nitrogens is 2. The van der Waals surface area contributed by atoms with E-state index in [1.165, 1.54) is 27.4 Å². The maximum Gasteiger partial charge on any atom is 0.243 e. The second-order valence-electron chi connectivity index (χ2n) is 5.63. The Labute approximate surface area is 165 Å². The maximum absolute atomic E-state index is 12.6. The Bertz CT molecular complexity index is 879. The Morgan fingerprint density at radius 1 is 1.26 bits per heavy atom. The lowest BCUT2D eigenvalue weighted by molar-refractivity contribution is -0.118. The van der Waals surface area contributed by atoms with Gasteiger partial charge in [0.1, 0.15) is 0 Å². The second-order valence-corrected chi connectivity index (χ2v) is 9.80. The lowest BCUT2D eigenvalue weighted by atomic mass is 10.2. The zero-order valence-electron chi connectivity index (χ0n) is 14.3. The van der Waals surface area contributed by atoms with Gasteiger partial charge >= 0.3 is 0 Å². The zero-order valence-corrected chi connectivity index (χ0v) is 16.8. The summed E-state index contributed by atoms with van der Waals surface area (Å²) in [5, 5.41) is 10.7. The lowest BCUT2D eigenvalue weighted by Gasteiger charge is -2.26. The van der Waals surface area contributed by atoms with Crippen molar-refractivity contribution >= 4 is 44.2 Å². The molecule has 0 bridgehead atoms. The van der Waals surface area contributed by atoms with Gasteiger partial charge in [0.25, 0.3) is 0 Å². The van der Waals surface area contributed by atoms with E-state index in [4.69, 9.17) is 10.5 Å². The van der Waals surface area contributed by atoms with Crippen molar-refractivity contribution in [3.05, 3.63) is 29.8 Å². The van der Waals surface area contributed by atoms with Crippen molar-refractivity contribution in [1.29, 1.82) is 0 Å². The normalized spacial score (nSPS) is 15.6. The second kappa shape index (κ2) is 8.97. The Morgan fingerprint density at radius 2 is 1.96 bits per heavy atom. The third kappa shape index (κ3) is 5.39. The highest BCUT2D eigenvalue weighted by Crippen LogP contribution is 2.23. The van der Waals surface area contributed by atoms with E-state index in [1.54, 1.807) is 24.3 Å². The molecule has 2 aromatic rings. The summed E-state index contributed by atoms with van der Waals surface area (Å²) in [4.78, 5) is 12.1. The number of ether oxygens (including phenoxy) is 1. The number of hydrogen-bond acceptors (Lipinski definition) is 9. The topological polar surface area (TPSA) is 128 Å². The Kier molecular flexibility index (Phi) is 6.65. The summed E-state index contributed by atoms with van der Waals surface area (Å²) >= 11 is 2.49. The third-order valence-corrected chi connectivity index (χ3v) is 7.57. The first-order valence-corrected chi connectivity index (χ1v) is 11.3. The van der Waals surface area contributed by atoms with Crippen molar-refractivity contribution in [2.75, 3.05) is 37.8 Å². The molecule has 1 saturated heterocycles. The number of hydrogen-bond donors (Lipinski definition) is 2. The fourth-order valence-corrected chi connectivity index (χ4v) is 5.25. The van der Waals surface area contributed by atoms with E-state index in [0.29, 0.717) is 42.3 Å². The van der Waals surface area contributed by atoms with E-state index in [9.17, 15) is 13.2 Å². The molecule has 0 spiro atoms. The maximum atomic E-state index is 12.6. The number of nitrogens with zero attached hydrogens (tertiary/aromatic N) is 3. The number of benzene rings is 1. The lowest BCUT2D eigenvalue weighted by Crippen LogP contribution is -2.40. The smallest absolute Gasteiger partial charge is 0.243 e. The fourth-order valence-electron chi connectivity index (χ4n) is 2.37. The van der Waals surface area contributed by atoms with Crippen molar-refractivity contribution in [2.24, 2.45) is 0 Å². The molecule has 0 unspecified atom stereocenters. The van der Waals surface area contributed by atoms with Gasteiger partial charge in [0.15, 0.2) is 4.34 Å². The van der Waals surface area contributed by atoms with Gasteiger partial charge < -0.3 is 15.8 Å². The predicted octanol–water partition coefficient (Wildman–Crippen LogP) is 0.550. The highest BCUT2D eigenvalue weighted by Gasteiger charge is 2.26. The molecule has 0 atom stereocenters. The highest BCUT2D eigenvalue weighted by atomic mass is 32.2. The van der Waals surface area contributed by atoms with Crippen LogP contribution >= 0.6 is 23.1 Å². The van der Waals surface area contributed by atoms with Crippen molar-refractivity contribution < 1.29 is 17.9 Å². The monoisotopic (exact) mass is 429 g/mol. The van der Waals surface area contributed by atoms with Crippen LogP contribution in [0.4, 0.5) is 5.13 Å². The first-order chi connectivity index (χ1) is 12.9. The summed E-state index contributed by atoms with van der Waals surface area (Å²) in [6.07, 6.45) is 0. The Hall–Kier alpha value is -1.73. The summed E-state index contributed by atoms with van der Waals surface area (Å²) in [7, 11) is -3.51. The van der Waals surface area contributed by atoms with Crippen molar-refractivity contribution in [1.82, 2.24) is 19.8 Å². The quantitative estimate of drug-likeness (QED) is 0.611. The number of anilines is 1. The molecular formula is C15H19N5O4S3. The van der Waals surface area contributed by atoms with Gasteiger partial charge in [-0.25, -0.2) is 8.42 Å². The van der Waals surface area contributed by atoms with Crippen LogP contribution in [0.5, 0.6) is 0 Å². The Morgan fingerprint density at radius 3 is 2.59 bits per heavy atom. The van der Waals surface area contributed by atoms with E-state index in [1.807, 2.05) is 0 Å². The van der Waals surface area contributed by atoms with Crippen LogP contribution in [0.15, 0.2) is 33.5 Å². The predicted molar refractivity (Wildman–Crippen MR) is 103 cm³/mol. The van der Waals surface area contributed by atoms with Crippen molar-refractivity contribution in [3.8, 4) is 0 Å². The van der Waals surface area contributed by atoms with Gasteiger partial charge in [-0.15, -0.1) is 10.2 Å². The molecule has 3 N–H and O–H groups in total. The minimum atomic E-state index is -3.51. The molecule has 27 heavy (non-hydrogen) atoms. The first-order valence-electron chi connectivity index (χ1n) is 8.10. The molecule has 1 aliphatic heterocycles. The molecule has 3 rings (SSSR count). The van der Waals surface area contributed by atoms with E-state index >= 15 is 0 Å². The number of nitrogens with two attached hydrogens (primary N) is 1. The molecule has 1 fully saturated rings. The number of amides is 1. The van der Waals surface area contributed by atoms with Crippen LogP contribution in [0, 0.1) is 0 Å². The standard InChI is InChI=1S/C15H19N5O4S3/c16-14-18-19-15(26-14)25-10-13(21)17-9-11-1-3-12(4-2-11)27(22,23)20-5-7-24-8-6-20/h1-4H,5-10H2,(H2,16,18)(H,17,21). The van der Waals surface area contributed by atoms with Gasteiger partial charge in [-0.1, -0.05) is 35.2 Å². The SMILES string of the molecule is Nc1nnc(SCC(=O)NCc2ccc(S(=O)(=O)N3CCOCC3)cc2)s1. The molecule has 9 nitrogen and oxygen atoms in total. The van der Waals surface area contributed by atoms with Crippen LogP contribution < -0.4 is 11.1 Å². The first kappa shape index (κ1) is 20.0. The average Bonchev–Trinajstić information content (AvgIpc) is 3.11. The molecule has 0 radical (unpaired) electrons. The van der Waals surface area contributed by atoms with Crippen molar-refractivity contribution in [2.45, 2.75) is 15.8 Å². The van der Waals surface area contributed by atoms with Crippen LogP contribution in [0.2, 0.25) is 0 Å². The van der Waals surface area contributed by atoms with Crippen molar-refractivity contribution in [3.63, 3.8) is 0 Å². The van der Waals surface area contributed by atoms with Gasteiger partial charge in [-0.3, -0.25) is 4.79 Å². The van der Waals surface area contributed by atoms with Gasteiger partial charge in [0, 0.05) is 19.6 Å². The molecular weight excluding hydrogens is 410 g/mol. The number of thioether (sulfide) groups is 1. The van der Waals surface area contributed by atoms with Crippen LogP contribution in [-0.4, -0.2) is 60.9 Å². The molecule has 1 aromatic heterocycles. The molecule has 1 aliphatic rings. The molecule has 0 aliphatic carbocycles. The Balaban J connectivity index is 1.50. The summed E-state index contributed by atoms with van der Waals surface area (Å²) < 4.78 is 32.4. The molecule has 146 valence electrons. The van der Waals surface area contributed by atoms with Crippen LogP contribution in [0.1, 0.15) is 5.56 Å². The summed E-state index contributed by atoms with van der Waals surface area (Å²) in [5.41, 5.74) is 6.30. The summed E-state index contributed by atoms with van der Waals surface area (Å²) in [6.45, 7) is 1.85. The third-order valence-electron chi connectivity index (χ3n) is 3.77. The van der Waals surface area contributed by atoms with Gasteiger partial charge in [-0.05, 0) is 17.7 Å². The van der Waals surface area contributed by atoms with Crippen LogP contribution in [0.25, 0.3) is 0 Å². The summed E-state index contributed by atoms with van der Waals surface area (Å²) in [6, 6.07) is 6.52. The number of nitrogens with one attached hydrogen (secondary N) is 1. The van der Waals surface area contributed by atoms with Gasteiger partial charge in [0.05, 0.1) is 23.9 Å². The number of morpholine rings is 1. The number of sulfonamides is 1. The molecule has 2 heterocycles. The molecule has 1 aromatic carbocycles. The van der Waals surface area contributed by atoms with Gasteiger partial charge in [-0.2, -0.15) is 4.31 Å². The highest BCUT2D eigenvalue weighted by molar-refractivity contribution is 8.01. The number of carbonyl (C=O) groups is 1. The minimum absolute atomic E-state index is 0.154. The van der Waals surface area contributed by atoms with Crippen LogP contribution in [0.3, 0.4) is 0 Å². The largest absolute Gasteiger partial charge is 0.379 e. The van der Waals surface area contributed by atoms with Crippen LogP contribution in [-0.2, 0) is 26.1 Å². The van der Waals surface area contributed by atoms with E-state index in [-0.39, 0.29) is 16.6 Å². The minimum Gasteiger partial charge on any atom is -0.379 e. The van der Waals surface area contributed by atoms with E-state index in [2.05, 4.69) is 15.5 Å². The molecule has 1 amide bonds. The van der Waals surface area contributed by atoms with E-state index in [0.717, 1.165) is 5.56 Å². The zero-order chi connectivity index (χ0) is 19.3. The average molecular weight is 430 g/mol. The molecule has 0 saturated carbocycles. The van der Waals surface area contributed by atoms with E-state index < -0.39 is 10.0 Å². The fraction of sp³-hybridized carbons (Fsp3) is 0.400.